The van der Waals surface area contributed by atoms with E-state index in [0.29, 0.717) is 42.1 Å². The lowest BCUT2D eigenvalue weighted by Gasteiger charge is -2.14. The number of hydrogen-bond donors (Lipinski definition) is 0. The van der Waals surface area contributed by atoms with E-state index in [0.717, 1.165) is 34.7 Å². The van der Waals surface area contributed by atoms with E-state index in [1.807, 2.05) is 25.1 Å². The Hall–Kier alpha value is -2.38. The Balaban J connectivity index is 1.74. The first-order valence-corrected chi connectivity index (χ1v) is 11.2. The Kier molecular flexibility index (Phi) is 6.62. The maximum Gasteiger partial charge on any atom is 0.188 e. The van der Waals surface area contributed by atoms with Gasteiger partial charge in [-0.2, -0.15) is 0 Å². The minimum atomic E-state index is -0.491. The van der Waals surface area contributed by atoms with Crippen LogP contribution in [0, 0.1) is 18.7 Å². The summed E-state index contributed by atoms with van der Waals surface area (Å²) in [6.07, 6.45) is 5.18. The topological polar surface area (TPSA) is 61.2 Å². The van der Waals surface area contributed by atoms with Crippen LogP contribution < -0.4 is 0 Å². The first-order chi connectivity index (χ1) is 15.0. The molecule has 1 heterocycles. The molecule has 0 aliphatic heterocycles. The van der Waals surface area contributed by atoms with Crippen LogP contribution in [-0.4, -0.2) is 34.8 Å². The maximum absolute atomic E-state index is 15.6. The van der Waals surface area contributed by atoms with E-state index in [2.05, 4.69) is 20.9 Å². The number of aryl methyl sites for hydroxylation is 2. The van der Waals surface area contributed by atoms with Gasteiger partial charge in [-0.3, -0.25) is 4.79 Å². The van der Waals surface area contributed by atoms with Gasteiger partial charge in [0, 0.05) is 35.0 Å². The minimum Gasteiger partial charge on any atom is -0.373 e. The summed E-state index contributed by atoms with van der Waals surface area (Å²) in [6, 6.07) is 7.51. The van der Waals surface area contributed by atoms with Crippen LogP contribution in [-0.2, 0) is 22.5 Å². The SMILES string of the molecule is Cc1cc(Br)ccc1Cc1c(C(=O)COCC2CC2)cc2c(ncn2CCC=O)c1F. The van der Waals surface area contributed by atoms with Gasteiger partial charge >= 0.3 is 0 Å². The molecule has 1 aliphatic carbocycles. The average molecular weight is 487 g/mol. The molecule has 2 aromatic carbocycles. The summed E-state index contributed by atoms with van der Waals surface area (Å²) in [6.45, 7) is 2.84. The predicted molar refractivity (Wildman–Crippen MR) is 120 cm³/mol. The molecule has 1 fully saturated rings. The van der Waals surface area contributed by atoms with Crippen molar-refractivity contribution in [2.75, 3.05) is 13.2 Å². The number of Topliss-reactive ketones (excluding diaryl/α,β-unsaturated/α-hetero) is 1. The van der Waals surface area contributed by atoms with E-state index in [9.17, 15) is 9.59 Å². The van der Waals surface area contributed by atoms with Crippen LogP contribution in [0.4, 0.5) is 4.39 Å². The lowest BCUT2D eigenvalue weighted by Crippen LogP contribution is -2.15. The van der Waals surface area contributed by atoms with Gasteiger partial charge in [-0.1, -0.05) is 22.0 Å². The fraction of sp³-hybridized carbons (Fsp3) is 0.375. The summed E-state index contributed by atoms with van der Waals surface area (Å²) in [7, 11) is 0. The van der Waals surface area contributed by atoms with Crippen molar-refractivity contribution < 1.29 is 18.7 Å². The third-order valence-electron chi connectivity index (χ3n) is 5.70. The van der Waals surface area contributed by atoms with Gasteiger partial charge in [-0.25, -0.2) is 9.37 Å². The second-order valence-electron chi connectivity index (χ2n) is 8.11. The fourth-order valence-corrected chi connectivity index (χ4v) is 4.19. The minimum absolute atomic E-state index is 0.0732. The number of aromatic nitrogens is 2. The lowest BCUT2D eigenvalue weighted by atomic mass is 9.94. The van der Waals surface area contributed by atoms with Crippen molar-refractivity contribution in [2.24, 2.45) is 5.92 Å². The van der Waals surface area contributed by atoms with Crippen molar-refractivity contribution in [3.05, 3.63) is 63.1 Å². The molecule has 0 saturated heterocycles. The van der Waals surface area contributed by atoms with E-state index in [1.165, 1.54) is 6.33 Å². The van der Waals surface area contributed by atoms with Crippen molar-refractivity contribution in [1.29, 1.82) is 0 Å². The number of ketones is 1. The van der Waals surface area contributed by atoms with Gasteiger partial charge in [0.1, 0.15) is 18.4 Å². The number of imidazole rings is 1. The van der Waals surface area contributed by atoms with E-state index in [1.54, 1.807) is 10.6 Å². The summed E-state index contributed by atoms with van der Waals surface area (Å²) in [4.78, 5) is 28.1. The summed E-state index contributed by atoms with van der Waals surface area (Å²) in [5.74, 6) is -0.189. The van der Waals surface area contributed by atoms with Crippen molar-refractivity contribution in [3.8, 4) is 0 Å². The Morgan fingerprint density at radius 3 is 2.87 bits per heavy atom. The lowest BCUT2D eigenvalue weighted by molar-refractivity contribution is -0.108. The van der Waals surface area contributed by atoms with E-state index >= 15 is 4.39 Å². The standard InChI is InChI=1S/C24H24BrFN2O3/c1-15-9-18(25)6-5-17(15)10-20-19(22(30)13-31-12-16-3-4-16)11-21-24(23(20)26)27-14-28(21)7-2-8-29/h5-6,8-9,11,14,16H,2-4,7,10,12-13H2,1H3. The van der Waals surface area contributed by atoms with Crippen molar-refractivity contribution in [3.63, 3.8) is 0 Å². The van der Waals surface area contributed by atoms with Crippen LogP contribution in [0.5, 0.6) is 0 Å². The largest absolute Gasteiger partial charge is 0.373 e. The van der Waals surface area contributed by atoms with Crippen LogP contribution in [0.25, 0.3) is 11.0 Å². The Morgan fingerprint density at radius 1 is 1.35 bits per heavy atom. The quantitative estimate of drug-likeness (QED) is 0.297. The Bertz CT molecular complexity index is 1140. The van der Waals surface area contributed by atoms with Crippen LogP contribution in [0.15, 0.2) is 35.1 Å². The number of fused-ring (bicyclic) bond motifs is 1. The molecule has 0 bridgehead atoms. The first-order valence-electron chi connectivity index (χ1n) is 10.4. The second-order valence-corrected chi connectivity index (χ2v) is 9.02. The number of ether oxygens (including phenoxy) is 1. The number of nitrogens with zero attached hydrogens (tertiary/aromatic N) is 2. The predicted octanol–water partition coefficient (Wildman–Crippen LogP) is 5.04. The molecular weight excluding hydrogens is 463 g/mol. The molecule has 1 aromatic heterocycles. The number of benzene rings is 2. The van der Waals surface area contributed by atoms with Crippen LogP contribution in [0.3, 0.4) is 0 Å². The van der Waals surface area contributed by atoms with Crippen molar-refractivity contribution >= 4 is 39.0 Å². The molecule has 162 valence electrons. The van der Waals surface area contributed by atoms with E-state index in [-0.39, 0.29) is 24.3 Å². The number of carbonyl (C=O) groups excluding carboxylic acids is 2. The van der Waals surface area contributed by atoms with E-state index < -0.39 is 5.82 Å². The summed E-state index contributed by atoms with van der Waals surface area (Å²) in [5, 5.41) is 0. The number of halogens is 2. The van der Waals surface area contributed by atoms with Gasteiger partial charge in [-0.05, 0) is 55.0 Å². The van der Waals surface area contributed by atoms with Crippen LogP contribution in [0.2, 0.25) is 0 Å². The zero-order valence-electron chi connectivity index (χ0n) is 17.4. The van der Waals surface area contributed by atoms with Gasteiger partial charge in [0.2, 0.25) is 0 Å². The highest BCUT2D eigenvalue weighted by atomic mass is 79.9. The molecule has 0 N–H and O–H groups in total. The Morgan fingerprint density at radius 2 is 2.16 bits per heavy atom. The number of aldehydes is 1. The molecule has 0 radical (unpaired) electrons. The molecule has 0 amide bonds. The summed E-state index contributed by atoms with van der Waals surface area (Å²) < 4.78 is 23.9. The smallest absolute Gasteiger partial charge is 0.188 e. The first kappa shape index (κ1) is 21.8. The highest BCUT2D eigenvalue weighted by Crippen LogP contribution is 2.30. The zero-order chi connectivity index (χ0) is 22.0. The van der Waals surface area contributed by atoms with Crippen LogP contribution >= 0.6 is 15.9 Å². The summed E-state index contributed by atoms with van der Waals surface area (Å²) in [5.41, 5.74) is 3.32. The zero-order valence-corrected chi connectivity index (χ0v) is 19.0. The molecular formula is C24H24BrFN2O3. The van der Waals surface area contributed by atoms with Crippen molar-refractivity contribution in [2.45, 2.75) is 39.2 Å². The van der Waals surface area contributed by atoms with Crippen molar-refractivity contribution in [1.82, 2.24) is 9.55 Å². The molecule has 31 heavy (non-hydrogen) atoms. The monoisotopic (exact) mass is 486 g/mol. The molecule has 1 aliphatic rings. The fourth-order valence-electron chi connectivity index (χ4n) is 3.72. The molecule has 4 rings (SSSR count). The third-order valence-corrected chi connectivity index (χ3v) is 6.19. The van der Waals surface area contributed by atoms with Gasteiger partial charge in [0.15, 0.2) is 11.6 Å². The second kappa shape index (κ2) is 9.40. The van der Waals surface area contributed by atoms with Gasteiger partial charge in [0.25, 0.3) is 0 Å². The van der Waals surface area contributed by atoms with Gasteiger partial charge in [0.05, 0.1) is 18.5 Å². The molecule has 7 heteroatoms. The number of hydrogen-bond acceptors (Lipinski definition) is 4. The molecule has 3 aromatic rings. The highest BCUT2D eigenvalue weighted by Gasteiger charge is 2.24. The maximum atomic E-state index is 15.6. The molecule has 0 unspecified atom stereocenters. The highest BCUT2D eigenvalue weighted by molar-refractivity contribution is 9.10. The van der Waals surface area contributed by atoms with E-state index in [4.69, 9.17) is 4.74 Å². The summed E-state index contributed by atoms with van der Waals surface area (Å²) >= 11 is 3.45. The Labute approximate surface area is 188 Å². The molecule has 0 atom stereocenters. The molecule has 0 spiro atoms. The third kappa shape index (κ3) is 4.93. The van der Waals surface area contributed by atoms with Crippen LogP contribution in [0.1, 0.15) is 46.3 Å². The normalized spacial score (nSPS) is 13.6. The molecule has 5 nitrogen and oxygen atoms in total. The number of carbonyl (C=O) groups is 2. The molecule has 1 saturated carbocycles. The van der Waals surface area contributed by atoms with Gasteiger partial charge < -0.3 is 14.1 Å². The number of rotatable bonds is 10. The van der Waals surface area contributed by atoms with Gasteiger partial charge in [-0.15, -0.1) is 0 Å². The average Bonchev–Trinajstić information content (AvgIpc) is 3.48.